The van der Waals surface area contributed by atoms with E-state index in [0.717, 1.165) is 10.1 Å². The summed E-state index contributed by atoms with van der Waals surface area (Å²) in [6.07, 6.45) is -4.60. The van der Waals surface area contributed by atoms with E-state index >= 15 is 0 Å². The molecular formula is C15H14F3N5. The van der Waals surface area contributed by atoms with Crippen LogP contribution in [0.1, 0.15) is 24.4 Å². The molecule has 23 heavy (non-hydrogen) atoms. The molecule has 5 nitrogen and oxygen atoms in total. The summed E-state index contributed by atoms with van der Waals surface area (Å²) in [5.41, 5.74) is 1.10. The first-order valence-corrected chi connectivity index (χ1v) is 6.95. The SMILES string of the molecule is C[C@@H](c1ccccc1)N(C)c1ccc2nnc(C(F)(F)F)n2n1. The Hall–Kier alpha value is -2.64. The van der Waals surface area contributed by atoms with Crippen LogP contribution in [0.2, 0.25) is 0 Å². The van der Waals surface area contributed by atoms with E-state index in [0.29, 0.717) is 5.82 Å². The molecule has 0 aliphatic carbocycles. The zero-order valence-electron chi connectivity index (χ0n) is 12.5. The van der Waals surface area contributed by atoms with Gasteiger partial charge < -0.3 is 4.90 Å². The Morgan fingerprint density at radius 3 is 2.39 bits per heavy atom. The van der Waals surface area contributed by atoms with Gasteiger partial charge in [-0.15, -0.1) is 15.3 Å². The fraction of sp³-hybridized carbons (Fsp3) is 0.267. The lowest BCUT2D eigenvalue weighted by atomic mass is 10.1. The summed E-state index contributed by atoms with van der Waals surface area (Å²) in [5, 5.41) is 10.7. The average molecular weight is 321 g/mol. The Kier molecular flexibility index (Phi) is 3.67. The second kappa shape index (κ2) is 5.53. The number of benzene rings is 1. The molecule has 3 rings (SSSR count). The summed E-state index contributed by atoms with van der Waals surface area (Å²) in [7, 11) is 1.78. The van der Waals surface area contributed by atoms with E-state index in [-0.39, 0.29) is 11.7 Å². The summed E-state index contributed by atoms with van der Waals surface area (Å²) < 4.78 is 39.5. The Morgan fingerprint density at radius 2 is 1.74 bits per heavy atom. The number of hydrogen-bond acceptors (Lipinski definition) is 4. The third kappa shape index (κ3) is 2.84. The molecule has 8 heteroatoms. The quantitative estimate of drug-likeness (QED) is 0.742. The highest BCUT2D eigenvalue weighted by Gasteiger charge is 2.37. The topological polar surface area (TPSA) is 46.3 Å². The maximum atomic E-state index is 12.9. The molecule has 0 unspecified atom stereocenters. The van der Waals surface area contributed by atoms with Gasteiger partial charge in [0.15, 0.2) is 5.65 Å². The zero-order valence-corrected chi connectivity index (χ0v) is 12.5. The van der Waals surface area contributed by atoms with Crippen molar-refractivity contribution in [3.05, 3.63) is 53.9 Å². The molecule has 0 saturated carbocycles. The number of rotatable bonds is 3. The van der Waals surface area contributed by atoms with Gasteiger partial charge in [-0.05, 0) is 24.6 Å². The van der Waals surface area contributed by atoms with Crippen molar-refractivity contribution < 1.29 is 13.2 Å². The highest BCUT2D eigenvalue weighted by Crippen LogP contribution is 2.29. The lowest BCUT2D eigenvalue weighted by Crippen LogP contribution is -2.24. The van der Waals surface area contributed by atoms with E-state index in [9.17, 15) is 13.2 Å². The molecule has 1 atom stereocenters. The Morgan fingerprint density at radius 1 is 1.04 bits per heavy atom. The van der Waals surface area contributed by atoms with Crippen LogP contribution in [-0.2, 0) is 6.18 Å². The van der Waals surface area contributed by atoms with Crippen molar-refractivity contribution in [2.24, 2.45) is 0 Å². The molecule has 0 saturated heterocycles. The summed E-state index contributed by atoms with van der Waals surface area (Å²) in [6.45, 7) is 1.96. The average Bonchev–Trinajstić information content (AvgIpc) is 2.97. The predicted molar refractivity (Wildman–Crippen MR) is 79.0 cm³/mol. The smallest absolute Gasteiger partial charge is 0.351 e. The number of nitrogens with zero attached hydrogens (tertiary/aromatic N) is 5. The van der Waals surface area contributed by atoms with Crippen LogP contribution in [0.25, 0.3) is 5.65 Å². The van der Waals surface area contributed by atoms with E-state index in [1.807, 2.05) is 37.3 Å². The third-order valence-electron chi connectivity index (χ3n) is 3.73. The third-order valence-corrected chi connectivity index (χ3v) is 3.73. The molecule has 2 heterocycles. The fourth-order valence-electron chi connectivity index (χ4n) is 2.30. The number of hydrogen-bond donors (Lipinski definition) is 0. The molecule has 0 radical (unpaired) electrons. The van der Waals surface area contributed by atoms with Gasteiger partial charge in [0.2, 0.25) is 0 Å². The molecule has 120 valence electrons. The molecule has 0 spiro atoms. The van der Waals surface area contributed by atoms with Gasteiger partial charge in [-0.25, -0.2) is 0 Å². The van der Waals surface area contributed by atoms with Crippen LogP contribution in [0, 0.1) is 0 Å². The molecule has 1 aromatic carbocycles. The predicted octanol–water partition coefficient (Wildman–Crippen LogP) is 3.34. The van der Waals surface area contributed by atoms with E-state index in [2.05, 4.69) is 15.3 Å². The normalized spacial score (nSPS) is 13.3. The summed E-state index contributed by atoms with van der Waals surface area (Å²) >= 11 is 0. The van der Waals surface area contributed by atoms with Crippen molar-refractivity contribution >= 4 is 11.5 Å². The van der Waals surface area contributed by atoms with Gasteiger partial charge in [0.25, 0.3) is 5.82 Å². The molecule has 0 bridgehead atoms. The fourth-order valence-corrected chi connectivity index (χ4v) is 2.30. The van der Waals surface area contributed by atoms with Crippen LogP contribution in [0.4, 0.5) is 19.0 Å². The first kappa shape index (κ1) is 15.3. The molecule has 2 aromatic heterocycles. The van der Waals surface area contributed by atoms with Gasteiger partial charge in [0, 0.05) is 7.05 Å². The van der Waals surface area contributed by atoms with Crippen LogP contribution < -0.4 is 4.90 Å². The molecule has 0 aliphatic heterocycles. The first-order chi connectivity index (χ1) is 10.9. The zero-order chi connectivity index (χ0) is 16.6. The second-order valence-electron chi connectivity index (χ2n) is 5.18. The molecular weight excluding hydrogens is 307 g/mol. The van der Waals surface area contributed by atoms with Gasteiger partial charge in [-0.1, -0.05) is 30.3 Å². The Labute approximate surface area is 130 Å². The summed E-state index contributed by atoms with van der Waals surface area (Å²) in [5.74, 6) is -0.728. The van der Waals surface area contributed by atoms with E-state index < -0.39 is 12.0 Å². The van der Waals surface area contributed by atoms with Crippen LogP contribution in [0.15, 0.2) is 42.5 Å². The molecule has 3 aromatic rings. The van der Waals surface area contributed by atoms with Crippen molar-refractivity contribution in [1.29, 1.82) is 0 Å². The maximum Gasteiger partial charge on any atom is 0.453 e. The molecule has 0 fully saturated rings. The molecule has 0 aliphatic rings. The standard InChI is InChI=1S/C15H14F3N5/c1-10(11-6-4-3-5-7-11)22(2)13-9-8-12-19-20-14(15(16,17)18)23(12)21-13/h3-10H,1-2H3/t10-/m0/s1. The first-order valence-electron chi connectivity index (χ1n) is 6.95. The van der Waals surface area contributed by atoms with Gasteiger partial charge in [0.1, 0.15) is 5.82 Å². The van der Waals surface area contributed by atoms with Crippen LogP contribution >= 0.6 is 0 Å². The number of anilines is 1. The lowest BCUT2D eigenvalue weighted by molar-refractivity contribution is -0.146. The van der Waals surface area contributed by atoms with E-state index in [1.165, 1.54) is 6.07 Å². The van der Waals surface area contributed by atoms with Crippen molar-refractivity contribution in [1.82, 2.24) is 19.8 Å². The highest BCUT2D eigenvalue weighted by molar-refractivity contribution is 5.47. The van der Waals surface area contributed by atoms with E-state index in [4.69, 9.17) is 0 Å². The number of halogens is 3. The lowest BCUT2D eigenvalue weighted by Gasteiger charge is -2.26. The van der Waals surface area contributed by atoms with Crippen LogP contribution in [-0.4, -0.2) is 26.9 Å². The number of fused-ring (bicyclic) bond motifs is 1. The van der Waals surface area contributed by atoms with Crippen molar-refractivity contribution in [3.8, 4) is 0 Å². The molecule has 0 amide bonds. The van der Waals surface area contributed by atoms with Crippen molar-refractivity contribution in [2.75, 3.05) is 11.9 Å². The van der Waals surface area contributed by atoms with Gasteiger partial charge in [-0.3, -0.25) is 0 Å². The molecule has 0 N–H and O–H groups in total. The second-order valence-corrected chi connectivity index (χ2v) is 5.18. The maximum absolute atomic E-state index is 12.9. The summed E-state index contributed by atoms with van der Waals surface area (Å²) in [6, 6.07) is 12.7. The number of aromatic nitrogens is 4. The van der Waals surface area contributed by atoms with Gasteiger partial charge >= 0.3 is 6.18 Å². The monoisotopic (exact) mass is 321 g/mol. The van der Waals surface area contributed by atoms with Crippen molar-refractivity contribution in [2.45, 2.75) is 19.1 Å². The highest BCUT2D eigenvalue weighted by atomic mass is 19.4. The minimum atomic E-state index is -4.60. The van der Waals surface area contributed by atoms with Crippen molar-refractivity contribution in [3.63, 3.8) is 0 Å². The Balaban J connectivity index is 1.99. The van der Waals surface area contributed by atoms with Crippen LogP contribution in [0.3, 0.4) is 0 Å². The largest absolute Gasteiger partial charge is 0.453 e. The van der Waals surface area contributed by atoms with Gasteiger partial charge in [0.05, 0.1) is 6.04 Å². The minimum absolute atomic E-state index is 0.0491. The van der Waals surface area contributed by atoms with Crippen LogP contribution in [0.5, 0.6) is 0 Å². The van der Waals surface area contributed by atoms with Gasteiger partial charge in [-0.2, -0.15) is 17.7 Å². The number of alkyl halides is 3. The minimum Gasteiger partial charge on any atom is -0.351 e. The summed E-state index contributed by atoms with van der Waals surface area (Å²) in [4.78, 5) is 1.80. The Bertz CT molecular complexity index is 813. The van der Waals surface area contributed by atoms with E-state index in [1.54, 1.807) is 18.0 Å².